The maximum absolute atomic E-state index is 12.9. The van der Waals surface area contributed by atoms with Crippen LogP contribution in [0.2, 0.25) is 0 Å². The van der Waals surface area contributed by atoms with Crippen LogP contribution in [-0.2, 0) is 32.0 Å². The molecular weight excluding hydrogens is 520 g/mol. The fourth-order valence-electron chi connectivity index (χ4n) is 4.94. The minimum absolute atomic E-state index is 0.0165. The highest BCUT2D eigenvalue weighted by atomic mass is 16.6. The van der Waals surface area contributed by atoms with Gasteiger partial charge in [-0.2, -0.15) is 0 Å². The molecule has 2 amide bonds. The van der Waals surface area contributed by atoms with Gasteiger partial charge < -0.3 is 19.5 Å². The number of ether oxygens (including phenoxy) is 3. The third-order valence-electron chi connectivity index (χ3n) is 7.04. The van der Waals surface area contributed by atoms with Crippen molar-refractivity contribution in [1.82, 2.24) is 5.32 Å². The molecule has 1 fully saturated rings. The molecule has 0 heterocycles. The maximum atomic E-state index is 12.9. The van der Waals surface area contributed by atoms with E-state index < -0.39 is 12.2 Å². The van der Waals surface area contributed by atoms with Crippen LogP contribution in [0.1, 0.15) is 56.6 Å². The summed E-state index contributed by atoms with van der Waals surface area (Å²) in [7, 11) is 0. The Morgan fingerprint density at radius 2 is 1.51 bits per heavy atom. The van der Waals surface area contributed by atoms with Crippen molar-refractivity contribution in [2.45, 2.75) is 70.6 Å². The van der Waals surface area contributed by atoms with Gasteiger partial charge in [0.2, 0.25) is 0 Å². The lowest BCUT2D eigenvalue weighted by atomic mass is 9.93. The van der Waals surface area contributed by atoms with Crippen molar-refractivity contribution in [2.75, 3.05) is 11.9 Å². The second kappa shape index (κ2) is 15.5. The molecule has 0 atom stereocenters. The Morgan fingerprint density at radius 3 is 2.22 bits per heavy atom. The molecule has 216 valence electrons. The van der Waals surface area contributed by atoms with Gasteiger partial charge >= 0.3 is 18.2 Å². The lowest BCUT2D eigenvalue weighted by Gasteiger charge is -2.28. The second-order valence-corrected chi connectivity index (χ2v) is 10.1. The van der Waals surface area contributed by atoms with Gasteiger partial charge in [-0.25, -0.2) is 9.59 Å². The molecular formula is C33H38N2O6. The van der Waals surface area contributed by atoms with E-state index in [0.29, 0.717) is 57.2 Å². The van der Waals surface area contributed by atoms with Crippen LogP contribution < -0.4 is 10.6 Å². The summed E-state index contributed by atoms with van der Waals surface area (Å²) in [6.45, 7) is 2.40. The number of hydrogen-bond donors (Lipinski definition) is 2. The van der Waals surface area contributed by atoms with Crippen molar-refractivity contribution in [2.24, 2.45) is 0 Å². The van der Waals surface area contributed by atoms with E-state index in [0.717, 1.165) is 22.3 Å². The van der Waals surface area contributed by atoms with E-state index in [2.05, 4.69) is 10.6 Å². The summed E-state index contributed by atoms with van der Waals surface area (Å²) in [6.07, 6.45) is 3.20. The van der Waals surface area contributed by atoms with Gasteiger partial charge in [0.1, 0.15) is 12.7 Å². The predicted octanol–water partition coefficient (Wildman–Crippen LogP) is 7.03. The molecule has 3 aromatic carbocycles. The molecule has 0 radical (unpaired) electrons. The highest BCUT2D eigenvalue weighted by Crippen LogP contribution is 2.30. The van der Waals surface area contributed by atoms with Crippen LogP contribution in [0.15, 0.2) is 78.9 Å². The maximum Gasteiger partial charge on any atom is 0.411 e. The quantitative estimate of drug-likeness (QED) is 0.194. The van der Waals surface area contributed by atoms with E-state index in [9.17, 15) is 14.4 Å². The smallest absolute Gasteiger partial charge is 0.411 e. The summed E-state index contributed by atoms with van der Waals surface area (Å²) in [6, 6.07) is 25.3. The molecule has 2 N–H and O–H groups in total. The van der Waals surface area contributed by atoms with Crippen LogP contribution >= 0.6 is 0 Å². The number of anilines is 1. The number of amides is 2. The number of esters is 1. The van der Waals surface area contributed by atoms with Crippen molar-refractivity contribution in [3.05, 3.63) is 90.0 Å². The largest absolute Gasteiger partial charge is 0.466 e. The third kappa shape index (κ3) is 9.67. The topological polar surface area (TPSA) is 103 Å². The van der Waals surface area contributed by atoms with Gasteiger partial charge in [0, 0.05) is 18.0 Å². The number of carbonyl (C=O) groups excluding carboxylic acids is 3. The van der Waals surface area contributed by atoms with Gasteiger partial charge in [-0.05, 0) is 68.2 Å². The van der Waals surface area contributed by atoms with E-state index >= 15 is 0 Å². The first-order chi connectivity index (χ1) is 20.0. The summed E-state index contributed by atoms with van der Waals surface area (Å²) < 4.78 is 16.1. The number of benzene rings is 3. The van der Waals surface area contributed by atoms with Crippen LogP contribution in [-0.4, -0.2) is 36.9 Å². The van der Waals surface area contributed by atoms with E-state index in [4.69, 9.17) is 14.2 Å². The van der Waals surface area contributed by atoms with Gasteiger partial charge in [-0.1, -0.05) is 72.8 Å². The second-order valence-electron chi connectivity index (χ2n) is 10.1. The molecule has 41 heavy (non-hydrogen) atoms. The molecule has 0 aromatic heterocycles. The Hall–Kier alpha value is -4.33. The normalized spacial score (nSPS) is 16.3. The van der Waals surface area contributed by atoms with Crippen LogP contribution in [0.4, 0.5) is 15.3 Å². The van der Waals surface area contributed by atoms with Gasteiger partial charge in [0.25, 0.3) is 0 Å². The molecule has 0 bridgehead atoms. The van der Waals surface area contributed by atoms with Crippen LogP contribution in [0, 0.1) is 0 Å². The number of alkyl carbamates (subject to hydrolysis) is 1. The highest BCUT2D eigenvalue weighted by Gasteiger charge is 2.26. The summed E-state index contributed by atoms with van der Waals surface area (Å²) in [5.41, 5.74) is 4.47. The Morgan fingerprint density at radius 1 is 0.805 bits per heavy atom. The van der Waals surface area contributed by atoms with Gasteiger partial charge in [0.15, 0.2) is 0 Å². The lowest BCUT2D eigenvalue weighted by molar-refractivity contribution is -0.143. The Balaban J connectivity index is 1.28. The van der Waals surface area contributed by atoms with Crippen molar-refractivity contribution >= 4 is 23.8 Å². The summed E-state index contributed by atoms with van der Waals surface area (Å²) in [5, 5.41) is 5.87. The molecule has 0 unspecified atom stereocenters. The van der Waals surface area contributed by atoms with Crippen LogP contribution in [0.25, 0.3) is 11.1 Å². The minimum Gasteiger partial charge on any atom is -0.466 e. The average molecular weight is 559 g/mol. The van der Waals surface area contributed by atoms with Crippen molar-refractivity contribution in [3.63, 3.8) is 0 Å². The van der Waals surface area contributed by atoms with E-state index in [1.165, 1.54) is 0 Å². The van der Waals surface area contributed by atoms with Gasteiger partial charge in [0.05, 0.1) is 12.3 Å². The number of nitrogens with one attached hydrogen (secondary N) is 2. The Labute approximate surface area is 241 Å². The standard InChI is InChI=1S/C33H38N2O6/c1-2-39-31(36)15-9-12-24-16-21-29(26-13-7-4-8-14-26)30(22-24)35-33(38)41-28-19-17-27(18-20-28)34-32(37)40-23-25-10-5-3-6-11-25/h3-8,10-11,13-14,16,21-22,27-28H,2,9,12,15,17-20,23H2,1H3,(H,34,37)(H,35,38). The Bertz CT molecular complexity index is 1270. The zero-order valence-electron chi connectivity index (χ0n) is 23.5. The van der Waals surface area contributed by atoms with Crippen LogP contribution in [0.3, 0.4) is 0 Å². The molecule has 0 spiro atoms. The zero-order chi connectivity index (χ0) is 28.9. The molecule has 1 saturated carbocycles. The molecule has 1 aliphatic rings. The van der Waals surface area contributed by atoms with Gasteiger partial charge in [-0.15, -0.1) is 0 Å². The summed E-state index contributed by atoms with van der Waals surface area (Å²) >= 11 is 0. The monoisotopic (exact) mass is 558 g/mol. The lowest BCUT2D eigenvalue weighted by Crippen LogP contribution is -2.40. The SMILES string of the molecule is CCOC(=O)CCCc1ccc(-c2ccccc2)c(NC(=O)OC2CCC(NC(=O)OCc3ccccc3)CC2)c1. The van der Waals surface area contributed by atoms with E-state index in [1.54, 1.807) is 6.92 Å². The average Bonchev–Trinajstić information content (AvgIpc) is 2.98. The number of hydrogen-bond acceptors (Lipinski definition) is 6. The van der Waals surface area contributed by atoms with Crippen molar-refractivity contribution in [3.8, 4) is 11.1 Å². The molecule has 8 nitrogen and oxygen atoms in total. The highest BCUT2D eigenvalue weighted by molar-refractivity contribution is 5.91. The first kappa shape index (κ1) is 29.6. The fraction of sp³-hybridized carbons (Fsp3) is 0.364. The molecule has 1 aliphatic carbocycles. The summed E-state index contributed by atoms with van der Waals surface area (Å²) in [5.74, 6) is -0.204. The van der Waals surface area contributed by atoms with E-state index in [1.807, 2.05) is 78.9 Å². The Kier molecular flexibility index (Phi) is 11.2. The first-order valence-electron chi connectivity index (χ1n) is 14.3. The minimum atomic E-state index is -0.510. The predicted molar refractivity (Wildman–Crippen MR) is 157 cm³/mol. The molecule has 3 aromatic rings. The third-order valence-corrected chi connectivity index (χ3v) is 7.04. The number of carbonyl (C=O) groups is 3. The fourth-order valence-corrected chi connectivity index (χ4v) is 4.94. The first-order valence-corrected chi connectivity index (χ1v) is 14.3. The van der Waals surface area contributed by atoms with Crippen LogP contribution in [0.5, 0.6) is 0 Å². The molecule has 8 heteroatoms. The molecule has 0 aliphatic heterocycles. The molecule has 0 saturated heterocycles. The summed E-state index contributed by atoms with van der Waals surface area (Å²) in [4.78, 5) is 36.9. The number of rotatable bonds is 11. The number of aryl methyl sites for hydroxylation is 1. The van der Waals surface area contributed by atoms with E-state index in [-0.39, 0.29) is 24.7 Å². The van der Waals surface area contributed by atoms with Gasteiger partial charge in [-0.3, -0.25) is 10.1 Å². The molecule has 4 rings (SSSR count). The zero-order valence-corrected chi connectivity index (χ0v) is 23.5. The van der Waals surface area contributed by atoms with Crippen molar-refractivity contribution in [1.29, 1.82) is 0 Å². The van der Waals surface area contributed by atoms with Crippen molar-refractivity contribution < 1.29 is 28.6 Å².